The summed E-state index contributed by atoms with van der Waals surface area (Å²) in [5.74, 6) is 0. The second kappa shape index (κ2) is 8.27. The second-order valence-corrected chi connectivity index (χ2v) is 7.48. The summed E-state index contributed by atoms with van der Waals surface area (Å²) in [4.78, 5) is 0.332. The van der Waals surface area contributed by atoms with Gasteiger partial charge < -0.3 is 0 Å². The molecular weight excluding hydrogens is 306 g/mol. The summed E-state index contributed by atoms with van der Waals surface area (Å²) >= 11 is 0. The van der Waals surface area contributed by atoms with Crippen molar-refractivity contribution in [3.8, 4) is 0 Å². The minimum absolute atomic E-state index is 0.332. The maximum atomic E-state index is 12.3. The van der Waals surface area contributed by atoms with E-state index in [0.717, 1.165) is 24.8 Å². The average molecular weight is 331 g/mol. The van der Waals surface area contributed by atoms with Crippen molar-refractivity contribution < 1.29 is 8.42 Å². The molecule has 0 heterocycles. The van der Waals surface area contributed by atoms with Crippen LogP contribution in [0.25, 0.3) is 0 Å². The Balaban J connectivity index is 1.92. The van der Waals surface area contributed by atoms with Crippen molar-refractivity contribution >= 4 is 10.0 Å². The normalized spacial score (nSPS) is 11.6. The summed E-state index contributed by atoms with van der Waals surface area (Å²) in [6.07, 6.45) is 3.74. The maximum Gasteiger partial charge on any atom is 0.240 e. The molecule has 23 heavy (non-hydrogen) atoms. The maximum absolute atomic E-state index is 12.3. The van der Waals surface area contributed by atoms with Gasteiger partial charge in [-0.3, -0.25) is 0 Å². The van der Waals surface area contributed by atoms with Crippen molar-refractivity contribution in [2.24, 2.45) is 0 Å². The molecule has 0 radical (unpaired) electrons. The molecule has 0 aliphatic heterocycles. The Hall–Kier alpha value is -1.65. The van der Waals surface area contributed by atoms with Crippen LogP contribution in [0.4, 0.5) is 0 Å². The number of aryl methyl sites for hydroxylation is 2. The van der Waals surface area contributed by atoms with Crippen LogP contribution < -0.4 is 4.72 Å². The lowest BCUT2D eigenvalue weighted by molar-refractivity contribution is 0.581. The zero-order chi connectivity index (χ0) is 16.7. The molecule has 0 saturated carbocycles. The number of sulfonamides is 1. The Kier molecular flexibility index (Phi) is 6.37. The van der Waals surface area contributed by atoms with Gasteiger partial charge >= 0.3 is 0 Å². The van der Waals surface area contributed by atoms with Gasteiger partial charge in [-0.15, -0.1) is 0 Å². The molecule has 0 aliphatic carbocycles. The van der Waals surface area contributed by atoms with Gasteiger partial charge in [0.05, 0.1) is 4.90 Å². The van der Waals surface area contributed by atoms with Crippen LogP contribution in [0.5, 0.6) is 0 Å². The van der Waals surface area contributed by atoms with Crippen molar-refractivity contribution in [3.05, 3.63) is 65.2 Å². The Bertz CT molecular complexity index is 704. The summed E-state index contributed by atoms with van der Waals surface area (Å²) in [5, 5.41) is 0. The number of benzene rings is 2. The van der Waals surface area contributed by atoms with Crippen LogP contribution in [0.3, 0.4) is 0 Å². The van der Waals surface area contributed by atoms with E-state index < -0.39 is 10.0 Å². The van der Waals surface area contributed by atoms with E-state index in [1.54, 1.807) is 12.1 Å². The molecule has 3 nitrogen and oxygen atoms in total. The number of hydrogen-bond donors (Lipinski definition) is 1. The summed E-state index contributed by atoms with van der Waals surface area (Å²) < 4.78 is 27.2. The van der Waals surface area contributed by atoms with Gasteiger partial charge in [-0.05, 0) is 48.1 Å². The molecule has 0 aromatic heterocycles. The lowest BCUT2D eigenvalue weighted by atomic mass is 10.1. The first-order valence-corrected chi connectivity index (χ1v) is 9.70. The Labute approximate surface area is 139 Å². The fourth-order valence-electron chi connectivity index (χ4n) is 2.48. The van der Waals surface area contributed by atoms with Gasteiger partial charge in [-0.1, -0.05) is 56.7 Å². The van der Waals surface area contributed by atoms with Gasteiger partial charge in [-0.25, -0.2) is 13.1 Å². The third-order valence-corrected chi connectivity index (χ3v) is 5.39. The number of rotatable bonds is 8. The lowest BCUT2D eigenvalue weighted by Gasteiger charge is -2.08. The largest absolute Gasteiger partial charge is 0.240 e. The van der Waals surface area contributed by atoms with E-state index >= 15 is 0 Å². The molecular formula is C19H25NO2S. The molecule has 0 fully saturated rings. The summed E-state index contributed by atoms with van der Waals surface area (Å²) in [6, 6.07) is 15.5. The van der Waals surface area contributed by atoms with Crippen molar-refractivity contribution in [1.29, 1.82) is 0 Å². The van der Waals surface area contributed by atoms with E-state index in [4.69, 9.17) is 0 Å². The van der Waals surface area contributed by atoms with E-state index in [2.05, 4.69) is 42.8 Å². The summed E-state index contributed by atoms with van der Waals surface area (Å²) in [7, 11) is -3.42. The van der Waals surface area contributed by atoms with Crippen molar-refractivity contribution in [2.75, 3.05) is 6.54 Å². The van der Waals surface area contributed by atoms with Crippen molar-refractivity contribution in [1.82, 2.24) is 4.72 Å². The summed E-state index contributed by atoms with van der Waals surface area (Å²) in [6.45, 7) is 4.64. The predicted molar refractivity (Wildman–Crippen MR) is 95.1 cm³/mol. The van der Waals surface area contributed by atoms with Crippen molar-refractivity contribution in [3.63, 3.8) is 0 Å². The third-order valence-electron chi connectivity index (χ3n) is 3.91. The molecule has 0 amide bonds. The molecule has 0 saturated heterocycles. The van der Waals surface area contributed by atoms with Gasteiger partial charge in [0.2, 0.25) is 10.0 Å². The minimum Gasteiger partial charge on any atom is -0.211 e. The third kappa shape index (κ3) is 5.19. The second-order valence-electron chi connectivity index (χ2n) is 5.71. The SMILES string of the molecule is CCCc1ccc(S(=O)(=O)NCCc2ccc(CC)cc2)cc1. The highest BCUT2D eigenvalue weighted by Crippen LogP contribution is 2.12. The Morgan fingerprint density at radius 2 is 1.30 bits per heavy atom. The molecule has 4 heteroatoms. The van der Waals surface area contributed by atoms with E-state index in [-0.39, 0.29) is 0 Å². The first kappa shape index (κ1) is 17.7. The first-order chi connectivity index (χ1) is 11.0. The lowest BCUT2D eigenvalue weighted by Crippen LogP contribution is -2.26. The molecule has 0 unspecified atom stereocenters. The standard InChI is InChI=1S/C19H25NO2S/c1-3-5-17-10-12-19(13-11-17)23(21,22)20-15-14-18-8-6-16(4-2)7-9-18/h6-13,20H,3-5,14-15H2,1-2H3. The molecule has 0 spiro atoms. The Morgan fingerprint density at radius 3 is 1.87 bits per heavy atom. The van der Waals surface area contributed by atoms with E-state index in [1.165, 1.54) is 11.1 Å². The van der Waals surface area contributed by atoms with Crippen LogP contribution in [0, 0.1) is 0 Å². The highest BCUT2D eigenvalue weighted by Gasteiger charge is 2.12. The van der Waals surface area contributed by atoms with Crippen LogP contribution >= 0.6 is 0 Å². The molecule has 2 rings (SSSR count). The van der Waals surface area contributed by atoms with Crippen LogP contribution in [0.2, 0.25) is 0 Å². The fourth-order valence-corrected chi connectivity index (χ4v) is 3.51. The van der Waals surface area contributed by atoms with E-state index in [0.29, 0.717) is 17.9 Å². The molecule has 2 aromatic carbocycles. The van der Waals surface area contributed by atoms with Crippen LogP contribution in [-0.2, 0) is 29.3 Å². The highest BCUT2D eigenvalue weighted by atomic mass is 32.2. The Morgan fingerprint density at radius 1 is 0.783 bits per heavy atom. The zero-order valence-corrected chi connectivity index (χ0v) is 14.7. The van der Waals surface area contributed by atoms with Gasteiger partial charge in [0.25, 0.3) is 0 Å². The first-order valence-electron chi connectivity index (χ1n) is 8.21. The molecule has 1 N–H and O–H groups in total. The molecule has 0 aliphatic rings. The van der Waals surface area contributed by atoms with Gasteiger partial charge in [0.15, 0.2) is 0 Å². The number of hydrogen-bond acceptors (Lipinski definition) is 2. The van der Waals surface area contributed by atoms with Crippen LogP contribution in [-0.4, -0.2) is 15.0 Å². The smallest absolute Gasteiger partial charge is 0.211 e. The molecule has 0 bridgehead atoms. The van der Waals surface area contributed by atoms with Gasteiger partial charge in [-0.2, -0.15) is 0 Å². The molecule has 2 aromatic rings. The average Bonchev–Trinajstić information content (AvgIpc) is 2.56. The zero-order valence-electron chi connectivity index (χ0n) is 13.9. The monoisotopic (exact) mass is 331 g/mol. The van der Waals surface area contributed by atoms with E-state index in [9.17, 15) is 8.42 Å². The molecule has 124 valence electrons. The minimum atomic E-state index is -3.42. The van der Waals surface area contributed by atoms with Gasteiger partial charge in [0.1, 0.15) is 0 Å². The van der Waals surface area contributed by atoms with Crippen molar-refractivity contribution in [2.45, 2.75) is 44.4 Å². The topological polar surface area (TPSA) is 46.2 Å². The van der Waals surface area contributed by atoms with Crippen LogP contribution in [0.15, 0.2) is 53.4 Å². The van der Waals surface area contributed by atoms with E-state index in [1.807, 2.05) is 12.1 Å². The highest BCUT2D eigenvalue weighted by molar-refractivity contribution is 7.89. The fraction of sp³-hybridized carbons (Fsp3) is 0.368. The molecule has 0 atom stereocenters. The summed E-state index contributed by atoms with van der Waals surface area (Å²) in [5.41, 5.74) is 3.60. The van der Waals surface area contributed by atoms with Gasteiger partial charge in [0, 0.05) is 6.54 Å². The predicted octanol–water partition coefficient (Wildman–Crippen LogP) is 3.72. The number of nitrogens with one attached hydrogen (secondary N) is 1. The van der Waals surface area contributed by atoms with Crippen LogP contribution in [0.1, 0.15) is 37.0 Å². The quantitative estimate of drug-likeness (QED) is 0.801.